The van der Waals surface area contributed by atoms with E-state index >= 15 is 0 Å². The van der Waals surface area contributed by atoms with Gasteiger partial charge in [-0.25, -0.2) is 0 Å². The van der Waals surface area contributed by atoms with Crippen molar-refractivity contribution in [3.63, 3.8) is 0 Å². The van der Waals surface area contributed by atoms with Gasteiger partial charge in [0.05, 0.1) is 17.1 Å². The molecule has 0 fully saturated rings. The summed E-state index contributed by atoms with van der Waals surface area (Å²) < 4.78 is 0. The number of para-hydroxylation sites is 1. The molecule has 1 aromatic carbocycles. The van der Waals surface area contributed by atoms with Crippen molar-refractivity contribution in [3.05, 3.63) is 66.2 Å². The van der Waals surface area contributed by atoms with Crippen LogP contribution < -0.4 is 0 Å². The van der Waals surface area contributed by atoms with E-state index < -0.39 is 6.10 Å². The first-order chi connectivity index (χ1) is 9.34. The number of nitrogens with zero attached hydrogens (tertiary/aromatic N) is 3. The Balaban J connectivity index is 1.96. The minimum absolute atomic E-state index is 0.469. The molecule has 1 atom stereocenters. The van der Waals surface area contributed by atoms with Gasteiger partial charge in [-0.05, 0) is 18.2 Å². The van der Waals surface area contributed by atoms with E-state index in [1.807, 2.05) is 36.4 Å². The fourth-order valence-corrected chi connectivity index (χ4v) is 2.11. The molecule has 94 valence electrons. The van der Waals surface area contributed by atoms with Gasteiger partial charge in [-0.1, -0.05) is 18.2 Å². The van der Waals surface area contributed by atoms with Gasteiger partial charge in [0.2, 0.25) is 0 Å². The lowest BCUT2D eigenvalue weighted by Gasteiger charge is -2.12. The molecule has 0 aliphatic carbocycles. The van der Waals surface area contributed by atoms with Crippen LogP contribution in [-0.2, 0) is 6.42 Å². The van der Waals surface area contributed by atoms with Crippen molar-refractivity contribution in [2.45, 2.75) is 12.5 Å². The summed E-state index contributed by atoms with van der Waals surface area (Å²) in [7, 11) is 0. The molecular weight excluding hydrogens is 238 g/mol. The Hall–Kier alpha value is -2.33. The summed E-state index contributed by atoms with van der Waals surface area (Å²) in [5, 5.41) is 10.4. The first-order valence-electron chi connectivity index (χ1n) is 6.12. The molecule has 0 saturated carbocycles. The smallest absolute Gasteiger partial charge is 0.0944 e. The molecule has 3 aromatic rings. The molecule has 1 unspecified atom stereocenters. The fraction of sp³-hybridized carbons (Fsp3) is 0.133. The van der Waals surface area contributed by atoms with Crippen LogP contribution >= 0.6 is 0 Å². The molecule has 4 nitrogen and oxygen atoms in total. The van der Waals surface area contributed by atoms with Crippen molar-refractivity contribution in [1.82, 2.24) is 15.0 Å². The number of benzene rings is 1. The summed E-state index contributed by atoms with van der Waals surface area (Å²) >= 11 is 0. The highest BCUT2D eigenvalue weighted by Crippen LogP contribution is 2.23. The van der Waals surface area contributed by atoms with Gasteiger partial charge >= 0.3 is 0 Å². The van der Waals surface area contributed by atoms with Gasteiger partial charge in [0, 0.05) is 36.3 Å². The van der Waals surface area contributed by atoms with Crippen LogP contribution in [0.1, 0.15) is 17.4 Å². The van der Waals surface area contributed by atoms with Crippen molar-refractivity contribution in [2.24, 2.45) is 0 Å². The Bertz CT molecular complexity index is 680. The predicted molar refractivity (Wildman–Crippen MR) is 72.4 cm³/mol. The second-order valence-corrected chi connectivity index (χ2v) is 4.31. The van der Waals surface area contributed by atoms with Crippen LogP contribution in [0, 0.1) is 0 Å². The Morgan fingerprint density at radius 3 is 2.63 bits per heavy atom. The van der Waals surface area contributed by atoms with E-state index in [0.29, 0.717) is 6.42 Å². The van der Waals surface area contributed by atoms with E-state index in [1.165, 1.54) is 0 Å². The number of aliphatic hydroxyl groups excluding tert-OH is 1. The zero-order valence-electron chi connectivity index (χ0n) is 10.3. The van der Waals surface area contributed by atoms with E-state index in [-0.39, 0.29) is 0 Å². The van der Waals surface area contributed by atoms with Gasteiger partial charge < -0.3 is 5.11 Å². The predicted octanol–water partition coefficient (Wildman–Crippen LogP) is 2.30. The van der Waals surface area contributed by atoms with Crippen LogP contribution in [0.2, 0.25) is 0 Å². The SMILES string of the molecule is OC(Cc1ccccn1)c1cccc2nccnc12. The maximum absolute atomic E-state index is 10.4. The highest BCUT2D eigenvalue weighted by molar-refractivity contribution is 5.77. The summed E-state index contributed by atoms with van der Waals surface area (Å²) in [5.41, 5.74) is 3.18. The van der Waals surface area contributed by atoms with Gasteiger partial charge in [-0.2, -0.15) is 0 Å². The first kappa shape index (κ1) is 11.7. The van der Waals surface area contributed by atoms with Crippen LogP contribution in [0.3, 0.4) is 0 Å². The molecule has 2 heterocycles. The number of rotatable bonds is 3. The second-order valence-electron chi connectivity index (χ2n) is 4.31. The average Bonchev–Trinajstić information content (AvgIpc) is 2.47. The van der Waals surface area contributed by atoms with Gasteiger partial charge in [-0.3, -0.25) is 15.0 Å². The van der Waals surface area contributed by atoms with Gasteiger partial charge in [0.1, 0.15) is 0 Å². The zero-order chi connectivity index (χ0) is 13.1. The van der Waals surface area contributed by atoms with E-state index in [9.17, 15) is 5.11 Å². The number of aliphatic hydroxyl groups is 1. The summed E-state index contributed by atoms with van der Waals surface area (Å²) in [6.45, 7) is 0. The Morgan fingerprint density at radius 1 is 0.895 bits per heavy atom. The van der Waals surface area contributed by atoms with Crippen LogP contribution in [0.4, 0.5) is 0 Å². The third-order valence-corrected chi connectivity index (χ3v) is 3.02. The Kier molecular flexibility index (Phi) is 3.16. The van der Waals surface area contributed by atoms with E-state index in [0.717, 1.165) is 22.3 Å². The third kappa shape index (κ3) is 2.44. The molecule has 4 heteroatoms. The minimum Gasteiger partial charge on any atom is -0.388 e. The second kappa shape index (κ2) is 5.12. The highest BCUT2D eigenvalue weighted by atomic mass is 16.3. The van der Waals surface area contributed by atoms with Gasteiger partial charge in [0.25, 0.3) is 0 Å². The monoisotopic (exact) mass is 251 g/mol. The molecule has 19 heavy (non-hydrogen) atoms. The van der Waals surface area contributed by atoms with E-state index in [1.54, 1.807) is 18.6 Å². The molecular formula is C15H13N3O. The molecule has 0 aliphatic rings. The van der Waals surface area contributed by atoms with Crippen molar-refractivity contribution < 1.29 is 5.11 Å². The number of aromatic nitrogens is 3. The lowest BCUT2D eigenvalue weighted by molar-refractivity contribution is 0.178. The normalized spacial score (nSPS) is 12.5. The van der Waals surface area contributed by atoms with Crippen molar-refractivity contribution in [1.29, 1.82) is 0 Å². The van der Waals surface area contributed by atoms with Crippen LogP contribution in [0.25, 0.3) is 11.0 Å². The Morgan fingerprint density at radius 2 is 1.79 bits per heavy atom. The first-order valence-corrected chi connectivity index (χ1v) is 6.12. The summed E-state index contributed by atoms with van der Waals surface area (Å²) in [5.74, 6) is 0. The molecule has 0 saturated heterocycles. The molecule has 0 amide bonds. The number of fused-ring (bicyclic) bond motifs is 1. The maximum Gasteiger partial charge on any atom is 0.0944 e. The number of pyridine rings is 1. The summed E-state index contributed by atoms with van der Waals surface area (Å²) in [6, 6.07) is 11.3. The van der Waals surface area contributed by atoms with Crippen molar-refractivity contribution in [3.8, 4) is 0 Å². The van der Waals surface area contributed by atoms with E-state index in [4.69, 9.17) is 0 Å². The fourth-order valence-electron chi connectivity index (χ4n) is 2.11. The quantitative estimate of drug-likeness (QED) is 0.776. The van der Waals surface area contributed by atoms with Crippen molar-refractivity contribution >= 4 is 11.0 Å². The maximum atomic E-state index is 10.4. The van der Waals surface area contributed by atoms with Crippen molar-refractivity contribution in [2.75, 3.05) is 0 Å². The molecule has 0 bridgehead atoms. The number of hydrogen-bond acceptors (Lipinski definition) is 4. The van der Waals surface area contributed by atoms with Crippen LogP contribution in [-0.4, -0.2) is 20.1 Å². The van der Waals surface area contributed by atoms with Crippen LogP contribution in [0.15, 0.2) is 55.0 Å². The molecule has 0 aliphatic heterocycles. The van der Waals surface area contributed by atoms with Crippen LogP contribution in [0.5, 0.6) is 0 Å². The molecule has 0 spiro atoms. The Labute approximate surface area is 110 Å². The lowest BCUT2D eigenvalue weighted by atomic mass is 10.0. The molecule has 2 aromatic heterocycles. The van der Waals surface area contributed by atoms with Gasteiger partial charge in [0.15, 0.2) is 0 Å². The molecule has 1 N–H and O–H groups in total. The standard InChI is InChI=1S/C15H13N3O/c19-14(10-11-4-1-2-7-16-11)12-5-3-6-13-15(12)18-9-8-17-13/h1-9,14,19H,10H2. The highest BCUT2D eigenvalue weighted by Gasteiger charge is 2.13. The minimum atomic E-state index is -0.629. The molecule has 3 rings (SSSR count). The molecule has 0 radical (unpaired) electrons. The number of hydrogen-bond donors (Lipinski definition) is 1. The summed E-state index contributed by atoms with van der Waals surface area (Å²) in [4.78, 5) is 12.8. The third-order valence-electron chi connectivity index (χ3n) is 3.02. The largest absolute Gasteiger partial charge is 0.388 e. The lowest BCUT2D eigenvalue weighted by Crippen LogP contribution is -2.04. The summed E-state index contributed by atoms with van der Waals surface area (Å²) in [6.07, 6.45) is 4.85. The average molecular weight is 251 g/mol. The zero-order valence-corrected chi connectivity index (χ0v) is 10.3. The topological polar surface area (TPSA) is 58.9 Å². The van der Waals surface area contributed by atoms with E-state index in [2.05, 4.69) is 15.0 Å². The van der Waals surface area contributed by atoms with Gasteiger partial charge in [-0.15, -0.1) is 0 Å².